The highest BCUT2D eigenvalue weighted by Crippen LogP contribution is 2.53. The molecule has 10 rings (SSSR count). The fourth-order valence-electron chi connectivity index (χ4n) is 9.82. The molecule has 300 valence electrons. The number of para-hydroxylation sites is 3. The molecule has 0 aliphatic heterocycles. The lowest BCUT2D eigenvalue weighted by Gasteiger charge is -2.38. The van der Waals surface area contributed by atoms with Crippen LogP contribution in [0, 0.1) is 0 Å². The van der Waals surface area contributed by atoms with Crippen LogP contribution < -0.4 is 0 Å². The minimum absolute atomic E-state index is 0.0687. The van der Waals surface area contributed by atoms with Gasteiger partial charge in [0.25, 0.3) is 0 Å². The predicted molar refractivity (Wildman–Crippen MR) is 247 cm³/mol. The van der Waals surface area contributed by atoms with Crippen LogP contribution in [0.5, 0.6) is 17.2 Å². The van der Waals surface area contributed by atoms with Gasteiger partial charge in [-0.3, -0.25) is 15.0 Å². The van der Waals surface area contributed by atoms with E-state index in [-0.39, 0.29) is 40.4 Å². The number of hydrogen-bond donors (Lipinski definition) is 3. The number of phenols is 3. The van der Waals surface area contributed by atoms with Crippen molar-refractivity contribution in [2.24, 2.45) is 0 Å². The molecule has 0 bridgehead atoms. The largest absolute Gasteiger partial charge is 0.506 e. The van der Waals surface area contributed by atoms with Crippen molar-refractivity contribution >= 4 is 32.7 Å². The summed E-state index contributed by atoms with van der Waals surface area (Å²) >= 11 is 0. The maximum atomic E-state index is 10.7. The van der Waals surface area contributed by atoms with Crippen molar-refractivity contribution in [1.29, 1.82) is 0 Å². The second kappa shape index (κ2) is 15.2. The van der Waals surface area contributed by atoms with Gasteiger partial charge in [0.15, 0.2) is 0 Å². The Morgan fingerprint density at radius 3 is 1.20 bits per heavy atom. The van der Waals surface area contributed by atoms with E-state index in [2.05, 4.69) is 106 Å². The Bertz CT molecular complexity index is 2990. The third kappa shape index (κ3) is 7.12. The second-order valence-corrected chi connectivity index (χ2v) is 17.7. The molecule has 1 aliphatic carbocycles. The molecule has 3 N–H and O–H groups in total. The van der Waals surface area contributed by atoms with E-state index >= 15 is 0 Å². The molecule has 6 aromatic carbocycles. The number of fused-ring (bicyclic) bond motifs is 3. The molecule has 1 saturated carbocycles. The lowest BCUT2D eigenvalue weighted by atomic mass is 9.66. The molecule has 1 fully saturated rings. The molecule has 0 amide bonds. The van der Waals surface area contributed by atoms with Crippen molar-refractivity contribution in [2.45, 2.75) is 63.2 Å². The average Bonchev–Trinajstić information content (AvgIpc) is 3.28. The zero-order valence-electron chi connectivity index (χ0n) is 34.5. The Balaban J connectivity index is 1.14. The van der Waals surface area contributed by atoms with Gasteiger partial charge in [0, 0.05) is 51.4 Å². The summed E-state index contributed by atoms with van der Waals surface area (Å²) in [6.45, 7) is 6.78. The second-order valence-electron chi connectivity index (χ2n) is 17.7. The summed E-state index contributed by atoms with van der Waals surface area (Å²) < 4.78 is 0. The van der Waals surface area contributed by atoms with Crippen molar-refractivity contribution in [2.75, 3.05) is 0 Å². The molecular weight excluding hydrogens is 751 g/mol. The van der Waals surface area contributed by atoms with Gasteiger partial charge in [0.1, 0.15) is 33.8 Å². The molecular formula is C55H47N3O3. The molecule has 9 aromatic rings. The zero-order chi connectivity index (χ0) is 41.8. The number of aromatic hydroxyl groups is 3. The molecule has 0 radical (unpaired) electrons. The Hall–Kier alpha value is -7.05. The van der Waals surface area contributed by atoms with E-state index < -0.39 is 0 Å². The monoisotopic (exact) mass is 797 g/mol. The van der Waals surface area contributed by atoms with Gasteiger partial charge in [-0.05, 0) is 118 Å². The van der Waals surface area contributed by atoms with Crippen molar-refractivity contribution in [3.8, 4) is 50.6 Å². The third-order valence-electron chi connectivity index (χ3n) is 12.9. The number of hydrogen-bond acceptors (Lipinski definition) is 6. The van der Waals surface area contributed by atoms with Gasteiger partial charge in [0.05, 0.1) is 0 Å². The number of pyridine rings is 3. The van der Waals surface area contributed by atoms with Crippen molar-refractivity contribution in [3.63, 3.8) is 0 Å². The highest BCUT2D eigenvalue weighted by molar-refractivity contribution is 5.90. The topological polar surface area (TPSA) is 99.4 Å². The summed E-state index contributed by atoms with van der Waals surface area (Å²) in [4.78, 5) is 14.3. The van der Waals surface area contributed by atoms with Crippen LogP contribution in [0.4, 0.5) is 0 Å². The standard InChI is InChI=1S/C55H47N3O3/c1-55(2,3)42-21-22-47(48(29-42)41-25-35-13-10-20-51(61)54(35)58-32-41)38-27-36(43-14-4-6-16-45(43)39-23-33-11-8-18-49(59)52(33)56-30-39)26-37(28-38)44-15-5-7-17-46(44)40-24-34-12-9-19-50(60)53(34)57-31-40/h4-25,29-32,36-38,59-61H,26-28H2,1-3H3. The maximum Gasteiger partial charge on any atom is 0.141 e. The number of nitrogens with zero attached hydrogens (tertiary/aromatic N) is 3. The Kier molecular flexibility index (Phi) is 9.51. The molecule has 0 spiro atoms. The minimum Gasteiger partial charge on any atom is -0.506 e. The molecule has 6 nitrogen and oxygen atoms in total. The van der Waals surface area contributed by atoms with Crippen molar-refractivity contribution < 1.29 is 15.3 Å². The van der Waals surface area contributed by atoms with Gasteiger partial charge in [-0.25, -0.2) is 0 Å². The van der Waals surface area contributed by atoms with Crippen LogP contribution in [-0.2, 0) is 5.41 Å². The van der Waals surface area contributed by atoms with Crippen LogP contribution in [0.3, 0.4) is 0 Å². The van der Waals surface area contributed by atoms with E-state index in [4.69, 9.17) is 15.0 Å². The maximum absolute atomic E-state index is 10.7. The van der Waals surface area contributed by atoms with Crippen molar-refractivity contribution in [1.82, 2.24) is 15.0 Å². The smallest absolute Gasteiger partial charge is 0.141 e. The van der Waals surface area contributed by atoms with E-state index in [0.29, 0.717) is 16.6 Å². The Labute approximate surface area is 355 Å². The van der Waals surface area contributed by atoms with Crippen LogP contribution in [0.25, 0.3) is 66.1 Å². The Morgan fingerprint density at radius 2 is 0.787 bits per heavy atom. The number of phenolic OH excluding ortho intramolecular Hbond substituents is 3. The van der Waals surface area contributed by atoms with Gasteiger partial charge in [0.2, 0.25) is 0 Å². The first-order valence-electron chi connectivity index (χ1n) is 21.2. The number of aromatic nitrogens is 3. The van der Waals surface area contributed by atoms with Crippen LogP contribution >= 0.6 is 0 Å². The van der Waals surface area contributed by atoms with E-state index in [1.54, 1.807) is 18.2 Å². The van der Waals surface area contributed by atoms with Gasteiger partial charge in [-0.2, -0.15) is 0 Å². The van der Waals surface area contributed by atoms with Crippen LogP contribution in [0.15, 0.2) is 158 Å². The van der Waals surface area contributed by atoms with Crippen molar-refractivity contribution in [3.05, 3.63) is 180 Å². The van der Waals surface area contributed by atoms with E-state index in [1.165, 1.54) is 27.8 Å². The molecule has 0 saturated heterocycles. The zero-order valence-corrected chi connectivity index (χ0v) is 34.5. The third-order valence-corrected chi connectivity index (χ3v) is 12.9. The Morgan fingerprint density at radius 1 is 0.410 bits per heavy atom. The highest BCUT2D eigenvalue weighted by Gasteiger charge is 2.35. The van der Waals surface area contributed by atoms with E-state index in [0.717, 1.165) is 63.2 Å². The molecule has 3 aromatic heterocycles. The summed E-state index contributed by atoms with van der Waals surface area (Å²) in [7, 11) is 0. The van der Waals surface area contributed by atoms with Crippen LogP contribution in [-0.4, -0.2) is 30.3 Å². The fraction of sp³-hybridized carbons (Fsp3) is 0.182. The highest BCUT2D eigenvalue weighted by atomic mass is 16.3. The summed E-state index contributed by atoms with van der Waals surface area (Å²) in [5.74, 6) is 1.12. The van der Waals surface area contributed by atoms with E-state index in [9.17, 15) is 15.3 Å². The van der Waals surface area contributed by atoms with Crippen LogP contribution in [0.1, 0.15) is 80.0 Å². The van der Waals surface area contributed by atoms with Crippen LogP contribution in [0.2, 0.25) is 0 Å². The lowest BCUT2D eigenvalue weighted by molar-refractivity contribution is 0.352. The molecule has 2 atom stereocenters. The molecule has 1 aliphatic rings. The van der Waals surface area contributed by atoms with E-state index in [1.807, 2.05) is 55.0 Å². The first kappa shape index (κ1) is 38.2. The summed E-state index contributed by atoms with van der Waals surface area (Å²) in [5, 5.41) is 34.5. The summed E-state index contributed by atoms with van der Waals surface area (Å²) in [6, 6.07) is 47.7. The van der Waals surface area contributed by atoms with Gasteiger partial charge in [-0.15, -0.1) is 0 Å². The number of benzene rings is 6. The van der Waals surface area contributed by atoms with Gasteiger partial charge >= 0.3 is 0 Å². The summed E-state index contributed by atoms with van der Waals surface area (Å²) in [6.07, 6.45) is 8.54. The SMILES string of the molecule is CC(C)(C)c1ccc(C2CC(c3ccccc3-c3cnc4c(O)cccc4c3)CC(c3ccccc3-c3cnc4c(O)cccc4c3)C2)c(-c2cnc3c(O)cccc3c2)c1. The first-order valence-corrected chi connectivity index (χ1v) is 21.2. The average molecular weight is 798 g/mol. The summed E-state index contributed by atoms with van der Waals surface area (Å²) in [5.41, 5.74) is 13.4. The fourth-order valence-corrected chi connectivity index (χ4v) is 9.82. The minimum atomic E-state index is -0.0687. The van der Waals surface area contributed by atoms with Gasteiger partial charge in [-0.1, -0.05) is 124 Å². The lowest BCUT2D eigenvalue weighted by Crippen LogP contribution is -2.21. The molecule has 3 heterocycles. The molecule has 61 heavy (non-hydrogen) atoms. The number of rotatable bonds is 6. The molecule has 2 unspecified atom stereocenters. The predicted octanol–water partition coefficient (Wildman–Crippen LogP) is 13.6. The quantitative estimate of drug-likeness (QED) is 0.155. The first-order chi connectivity index (χ1) is 29.6. The van der Waals surface area contributed by atoms with Gasteiger partial charge < -0.3 is 15.3 Å². The molecule has 6 heteroatoms. The normalized spacial score (nSPS) is 16.9.